The standard InChI is InChI=1S/C17H14FNO/c1-10-6-7-11(2)13(8-10)16-14(9-20)12-4-3-5-15(18)17(12)19-16/h3-9,19H,1-2H3. The Morgan fingerprint density at radius 2 is 1.95 bits per heavy atom. The lowest BCUT2D eigenvalue weighted by atomic mass is 10.00. The minimum atomic E-state index is -0.345. The van der Waals surface area contributed by atoms with E-state index in [4.69, 9.17) is 0 Å². The molecule has 0 atom stereocenters. The lowest BCUT2D eigenvalue weighted by Crippen LogP contribution is -1.89. The summed E-state index contributed by atoms with van der Waals surface area (Å²) in [5, 5.41) is 0.621. The van der Waals surface area contributed by atoms with E-state index in [1.807, 2.05) is 32.0 Å². The highest BCUT2D eigenvalue weighted by Gasteiger charge is 2.16. The minimum absolute atomic E-state index is 0.345. The van der Waals surface area contributed by atoms with Crippen molar-refractivity contribution in [3.63, 3.8) is 0 Å². The Morgan fingerprint density at radius 1 is 1.15 bits per heavy atom. The molecule has 3 rings (SSSR count). The summed E-state index contributed by atoms with van der Waals surface area (Å²) in [5.41, 5.74) is 4.65. The van der Waals surface area contributed by atoms with Crippen molar-refractivity contribution in [3.05, 3.63) is 58.9 Å². The van der Waals surface area contributed by atoms with Gasteiger partial charge in [-0.3, -0.25) is 4.79 Å². The summed E-state index contributed by atoms with van der Waals surface area (Å²) in [7, 11) is 0. The number of aldehydes is 1. The molecule has 0 amide bonds. The summed E-state index contributed by atoms with van der Waals surface area (Å²) in [6, 6.07) is 10.8. The van der Waals surface area contributed by atoms with Crippen LogP contribution in [0.4, 0.5) is 4.39 Å². The van der Waals surface area contributed by atoms with E-state index in [0.717, 1.165) is 23.0 Å². The first-order valence-corrected chi connectivity index (χ1v) is 6.45. The number of para-hydroxylation sites is 1. The van der Waals surface area contributed by atoms with Gasteiger partial charge < -0.3 is 4.98 Å². The first kappa shape index (κ1) is 12.6. The number of hydrogen-bond acceptors (Lipinski definition) is 1. The normalized spacial score (nSPS) is 10.9. The van der Waals surface area contributed by atoms with Crippen molar-refractivity contribution in [2.75, 3.05) is 0 Å². The zero-order chi connectivity index (χ0) is 14.3. The summed E-state index contributed by atoms with van der Waals surface area (Å²) in [6.45, 7) is 3.97. The number of rotatable bonds is 2. The molecule has 1 N–H and O–H groups in total. The number of benzene rings is 2. The third-order valence-corrected chi connectivity index (χ3v) is 3.60. The highest BCUT2D eigenvalue weighted by Crippen LogP contribution is 2.32. The average molecular weight is 267 g/mol. The Labute approximate surface area is 116 Å². The molecule has 0 unspecified atom stereocenters. The fraction of sp³-hybridized carbons (Fsp3) is 0.118. The molecule has 0 radical (unpaired) electrons. The summed E-state index contributed by atoms with van der Waals surface area (Å²) >= 11 is 0. The molecule has 2 nitrogen and oxygen atoms in total. The third-order valence-electron chi connectivity index (χ3n) is 3.60. The van der Waals surface area contributed by atoms with E-state index in [9.17, 15) is 9.18 Å². The van der Waals surface area contributed by atoms with E-state index in [0.29, 0.717) is 22.2 Å². The van der Waals surface area contributed by atoms with Gasteiger partial charge >= 0.3 is 0 Å². The Morgan fingerprint density at radius 3 is 2.70 bits per heavy atom. The molecule has 20 heavy (non-hydrogen) atoms. The number of fused-ring (bicyclic) bond motifs is 1. The van der Waals surface area contributed by atoms with Crippen LogP contribution in [-0.2, 0) is 0 Å². The van der Waals surface area contributed by atoms with Crippen LogP contribution in [0.25, 0.3) is 22.2 Å². The summed E-state index contributed by atoms with van der Waals surface area (Å²) in [5.74, 6) is -0.345. The van der Waals surface area contributed by atoms with Crippen molar-refractivity contribution < 1.29 is 9.18 Å². The lowest BCUT2D eigenvalue weighted by molar-refractivity contribution is 0.112. The molecule has 1 heterocycles. The number of hydrogen-bond donors (Lipinski definition) is 1. The summed E-state index contributed by atoms with van der Waals surface area (Å²) in [6.07, 6.45) is 0.787. The predicted molar refractivity (Wildman–Crippen MR) is 78.6 cm³/mol. The molecule has 3 heteroatoms. The highest BCUT2D eigenvalue weighted by atomic mass is 19.1. The lowest BCUT2D eigenvalue weighted by Gasteiger charge is -2.06. The topological polar surface area (TPSA) is 32.9 Å². The van der Waals surface area contributed by atoms with Gasteiger partial charge in [0.1, 0.15) is 5.82 Å². The molecule has 1 aromatic heterocycles. The van der Waals surface area contributed by atoms with Gasteiger partial charge in [-0.2, -0.15) is 0 Å². The third kappa shape index (κ3) is 1.83. The van der Waals surface area contributed by atoms with Crippen LogP contribution in [0.2, 0.25) is 0 Å². The molecular weight excluding hydrogens is 253 g/mol. The van der Waals surface area contributed by atoms with Crippen LogP contribution in [0.15, 0.2) is 36.4 Å². The fourth-order valence-corrected chi connectivity index (χ4v) is 2.54. The molecule has 3 aromatic rings. The van der Waals surface area contributed by atoms with Gasteiger partial charge in [0, 0.05) is 16.5 Å². The second kappa shape index (κ2) is 4.60. The number of carbonyl (C=O) groups excluding carboxylic acids is 1. The Bertz CT molecular complexity index is 817. The van der Waals surface area contributed by atoms with Gasteiger partial charge in [0.05, 0.1) is 11.2 Å². The van der Waals surface area contributed by atoms with Crippen LogP contribution in [0.1, 0.15) is 21.5 Å². The highest BCUT2D eigenvalue weighted by molar-refractivity contribution is 6.04. The van der Waals surface area contributed by atoms with Crippen LogP contribution < -0.4 is 0 Å². The van der Waals surface area contributed by atoms with E-state index in [1.165, 1.54) is 6.07 Å². The number of carbonyl (C=O) groups is 1. The number of H-pyrrole nitrogens is 1. The molecule has 0 saturated carbocycles. The Kier molecular flexibility index (Phi) is 2.90. The molecule has 100 valence electrons. The Balaban J connectivity index is 2.39. The molecule has 0 spiro atoms. The van der Waals surface area contributed by atoms with Gasteiger partial charge in [0.25, 0.3) is 0 Å². The zero-order valence-corrected chi connectivity index (χ0v) is 11.3. The second-order valence-corrected chi connectivity index (χ2v) is 5.01. The van der Waals surface area contributed by atoms with E-state index < -0.39 is 0 Å². The fourth-order valence-electron chi connectivity index (χ4n) is 2.54. The predicted octanol–water partition coefficient (Wildman–Crippen LogP) is 4.40. The van der Waals surface area contributed by atoms with Gasteiger partial charge in [-0.25, -0.2) is 4.39 Å². The number of aryl methyl sites for hydroxylation is 2. The summed E-state index contributed by atoms with van der Waals surface area (Å²) < 4.78 is 13.9. The van der Waals surface area contributed by atoms with Gasteiger partial charge in [-0.05, 0) is 31.5 Å². The number of aromatic amines is 1. The van der Waals surface area contributed by atoms with Gasteiger partial charge in [-0.15, -0.1) is 0 Å². The molecule has 0 saturated heterocycles. The number of halogens is 1. The Hall–Kier alpha value is -2.42. The van der Waals surface area contributed by atoms with Crippen molar-refractivity contribution in [1.29, 1.82) is 0 Å². The molecule has 0 aliphatic carbocycles. The van der Waals surface area contributed by atoms with Crippen molar-refractivity contribution in [2.24, 2.45) is 0 Å². The first-order chi connectivity index (χ1) is 9.61. The van der Waals surface area contributed by atoms with Gasteiger partial charge in [-0.1, -0.05) is 29.8 Å². The van der Waals surface area contributed by atoms with Crippen molar-refractivity contribution in [3.8, 4) is 11.3 Å². The van der Waals surface area contributed by atoms with E-state index in [2.05, 4.69) is 4.98 Å². The molecular formula is C17H14FNO. The molecule has 2 aromatic carbocycles. The number of nitrogens with one attached hydrogen (secondary N) is 1. The maximum absolute atomic E-state index is 13.9. The maximum Gasteiger partial charge on any atom is 0.152 e. The largest absolute Gasteiger partial charge is 0.352 e. The van der Waals surface area contributed by atoms with Crippen LogP contribution in [-0.4, -0.2) is 11.3 Å². The monoisotopic (exact) mass is 267 g/mol. The van der Waals surface area contributed by atoms with Gasteiger partial charge in [0.2, 0.25) is 0 Å². The van der Waals surface area contributed by atoms with Crippen molar-refractivity contribution >= 4 is 17.2 Å². The van der Waals surface area contributed by atoms with Crippen LogP contribution >= 0.6 is 0 Å². The van der Waals surface area contributed by atoms with Crippen LogP contribution in [0.5, 0.6) is 0 Å². The SMILES string of the molecule is Cc1ccc(C)c(-c2[nH]c3c(F)cccc3c2C=O)c1. The molecule has 0 aliphatic rings. The quantitative estimate of drug-likeness (QED) is 0.686. The molecule has 0 fully saturated rings. The van der Waals surface area contributed by atoms with Gasteiger partial charge in [0.15, 0.2) is 6.29 Å². The minimum Gasteiger partial charge on any atom is -0.352 e. The first-order valence-electron chi connectivity index (χ1n) is 6.45. The van der Waals surface area contributed by atoms with Crippen LogP contribution in [0, 0.1) is 19.7 Å². The molecule has 0 bridgehead atoms. The van der Waals surface area contributed by atoms with E-state index in [-0.39, 0.29) is 5.82 Å². The number of aromatic nitrogens is 1. The van der Waals surface area contributed by atoms with Crippen LogP contribution in [0.3, 0.4) is 0 Å². The average Bonchev–Trinajstić information content (AvgIpc) is 2.81. The van der Waals surface area contributed by atoms with E-state index in [1.54, 1.807) is 12.1 Å². The summed E-state index contributed by atoms with van der Waals surface area (Å²) in [4.78, 5) is 14.5. The van der Waals surface area contributed by atoms with Crippen molar-refractivity contribution in [2.45, 2.75) is 13.8 Å². The van der Waals surface area contributed by atoms with Crippen molar-refractivity contribution in [1.82, 2.24) is 4.98 Å². The molecule has 0 aliphatic heterocycles. The smallest absolute Gasteiger partial charge is 0.152 e. The second-order valence-electron chi connectivity index (χ2n) is 5.01. The van der Waals surface area contributed by atoms with E-state index >= 15 is 0 Å². The maximum atomic E-state index is 13.9. The zero-order valence-electron chi connectivity index (χ0n) is 11.3.